The summed E-state index contributed by atoms with van der Waals surface area (Å²) in [7, 11) is 0. The molecule has 1 saturated carbocycles. The van der Waals surface area contributed by atoms with Crippen molar-refractivity contribution in [3.63, 3.8) is 0 Å². The zero-order valence-corrected chi connectivity index (χ0v) is 14.7. The molecule has 3 nitrogen and oxygen atoms in total. The maximum atomic E-state index is 13.2. The zero-order chi connectivity index (χ0) is 17.4. The topological polar surface area (TPSA) is 32.3 Å². The van der Waals surface area contributed by atoms with Gasteiger partial charge in [-0.25, -0.2) is 8.78 Å². The smallest absolute Gasteiger partial charge is 0.261 e. The van der Waals surface area contributed by atoms with E-state index in [1.165, 1.54) is 59.6 Å². The van der Waals surface area contributed by atoms with Crippen LogP contribution in [-0.4, -0.2) is 16.8 Å². The summed E-state index contributed by atoms with van der Waals surface area (Å²) in [4.78, 5) is 16.8. The average Bonchev–Trinajstić information content (AvgIpc) is 3.26. The standard InChI is InChI=1S/C19H20F2N2OS/c20-14-5-12(6-15(21)8-14)9-22-19(24)17-7-13-10-23(11-18(13)25-17)16-3-1-2-4-16/h5-8,16H,1-4,9-11H2,(H,22,24). The number of halogens is 2. The first kappa shape index (κ1) is 16.7. The van der Waals surface area contributed by atoms with Gasteiger partial charge in [-0.3, -0.25) is 9.69 Å². The molecule has 0 saturated heterocycles. The van der Waals surface area contributed by atoms with Gasteiger partial charge in [-0.2, -0.15) is 0 Å². The fourth-order valence-electron chi connectivity index (χ4n) is 3.82. The summed E-state index contributed by atoms with van der Waals surface area (Å²) in [5.74, 6) is -1.45. The third-order valence-corrected chi connectivity index (χ3v) is 6.22. The first-order valence-electron chi connectivity index (χ1n) is 8.67. The second kappa shape index (κ2) is 6.84. The van der Waals surface area contributed by atoms with Crippen molar-refractivity contribution in [2.24, 2.45) is 0 Å². The molecule has 0 radical (unpaired) electrons. The monoisotopic (exact) mass is 362 g/mol. The molecule has 0 unspecified atom stereocenters. The molecule has 0 spiro atoms. The van der Waals surface area contributed by atoms with Gasteiger partial charge in [0, 0.05) is 36.6 Å². The van der Waals surface area contributed by atoms with E-state index in [4.69, 9.17) is 0 Å². The Labute approximate surface area is 149 Å². The molecule has 0 bridgehead atoms. The Morgan fingerprint density at radius 3 is 2.52 bits per heavy atom. The van der Waals surface area contributed by atoms with Gasteiger partial charge in [0.05, 0.1) is 4.88 Å². The van der Waals surface area contributed by atoms with Crippen molar-refractivity contribution >= 4 is 17.2 Å². The molecule has 6 heteroatoms. The lowest BCUT2D eigenvalue weighted by molar-refractivity contribution is 0.0954. The van der Waals surface area contributed by atoms with Crippen molar-refractivity contribution in [3.8, 4) is 0 Å². The highest BCUT2D eigenvalue weighted by molar-refractivity contribution is 7.14. The van der Waals surface area contributed by atoms with E-state index in [1.807, 2.05) is 6.07 Å². The van der Waals surface area contributed by atoms with E-state index in [0.29, 0.717) is 16.5 Å². The van der Waals surface area contributed by atoms with Gasteiger partial charge in [0.1, 0.15) is 11.6 Å². The van der Waals surface area contributed by atoms with E-state index in [2.05, 4.69) is 10.2 Å². The molecule has 1 aromatic heterocycles. The van der Waals surface area contributed by atoms with Gasteiger partial charge in [0.15, 0.2) is 0 Å². The SMILES string of the molecule is O=C(NCc1cc(F)cc(F)c1)c1cc2c(s1)CN(C1CCCC1)C2. The Hall–Kier alpha value is -1.79. The van der Waals surface area contributed by atoms with Crippen molar-refractivity contribution in [1.82, 2.24) is 10.2 Å². The van der Waals surface area contributed by atoms with Crippen molar-refractivity contribution < 1.29 is 13.6 Å². The number of thiophene rings is 1. The molecule has 1 fully saturated rings. The number of carbonyl (C=O) groups excluding carboxylic acids is 1. The maximum absolute atomic E-state index is 13.2. The molecule has 2 heterocycles. The summed E-state index contributed by atoms with van der Waals surface area (Å²) in [6.07, 6.45) is 5.21. The van der Waals surface area contributed by atoms with Crippen LogP contribution in [0.3, 0.4) is 0 Å². The molecule has 2 aromatic rings. The fraction of sp³-hybridized carbons (Fsp3) is 0.421. The first-order chi connectivity index (χ1) is 12.1. The molecule has 1 aliphatic heterocycles. The number of amides is 1. The van der Waals surface area contributed by atoms with Gasteiger partial charge in [0.25, 0.3) is 5.91 Å². The van der Waals surface area contributed by atoms with E-state index in [-0.39, 0.29) is 12.5 Å². The van der Waals surface area contributed by atoms with Crippen LogP contribution in [0.5, 0.6) is 0 Å². The van der Waals surface area contributed by atoms with Crippen LogP contribution in [0.25, 0.3) is 0 Å². The first-order valence-corrected chi connectivity index (χ1v) is 9.49. The second-order valence-electron chi connectivity index (χ2n) is 6.86. The Morgan fingerprint density at radius 2 is 1.84 bits per heavy atom. The van der Waals surface area contributed by atoms with Crippen LogP contribution in [0.15, 0.2) is 24.3 Å². The van der Waals surface area contributed by atoms with E-state index in [1.54, 1.807) is 0 Å². The summed E-state index contributed by atoms with van der Waals surface area (Å²) in [5, 5.41) is 2.75. The largest absolute Gasteiger partial charge is 0.347 e. The Bertz CT molecular complexity index is 755. The van der Waals surface area contributed by atoms with Crippen molar-refractivity contribution in [3.05, 3.63) is 56.8 Å². The molecule has 25 heavy (non-hydrogen) atoms. The van der Waals surface area contributed by atoms with E-state index >= 15 is 0 Å². The molecule has 4 rings (SSSR count). The van der Waals surface area contributed by atoms with Gasteiger partial charge in [-0.15, -0.1) is 11.3 Å². The average molecular weight is 362 g/mol. The lowest BCUT2D eigenvalue weighted by Gasteiger charge is -2.22. The molecule has 0 atom stereocenters. The number of carbonyl (C=O) groups is 1. The molecule has 1 aliphatic carbocycles. The predicted octanol–water partition coefficient (Wildman–Crippen LogP) is 4.21. The number of hydrogen-bond donors (Lipinski definition) is 1. The lowest BCUT2D eigenvalue weighted by Crippen LogP contribution is -2.28. The van der Waals surface area contributed by atoms with Gasteiger partial charge in [-0.05, 0) is 42.2 Å². The summed E-state index contributed by atoms with van der Waals surface area (Å²) in [5.41, 5.74) is 1.67. The van der Waals surface area contributed by atoms with Crippen molar-refractivity contribution in [2.75, 3.05) is 0 Å². The van der Waals surface area contributed by atoms with E-state index < -0.39 is 11.6 Å². The molecule has 1 N–H and O–H groups in total. The van der Waals surface area contributed by atoms with Crippen LogP contribution >= 0.6 is 11.3 Å². The Kier molecular flexibility index (Phi) is 4.56. The summed E-state index contributed by atoms with van der Waals surface area (Å²) >= 11 is 1.53. The zero-order valence-electron chi connectivity index (χ0n) is 13.9. The minimum absolute atomic E-state index is 0.115. The quantitative estimate of drug-likeness (QED) is 0.883. The normalized spacial score (nSPS) is 17.8. The maximum Gasteiger partial charge on any atom is 0.261 e. The van der Waals surface area contributed by atoms with Crippen molar-refractivity contribution in [2.45, 2.75) is 51.4 Å². The lowest BCUT2D eigenvalue weighted by atomic mass is 10.2. The van der Waals surface area contributed by atoms with Crippen LogP contribution in [-0.2, 0) is 19.6 Å². The molecule has 1 amide bonds. The molecule has 1 aromatic carbocycles. The minimum Gasteiger partial charge on any atom is -0.347 e. The number of rotatable bonds is 4. The Balaban J connectivity index is 1.37. The van der Waals surface area contributed by atoms with Gasteiger partial charge >= 0.3 is 0 Å². The fourth-order valence-corrected chi connectivity index (χ4v) is 4.93. The van der Waals surface area contributed by atoms with Gasteiger partial charge in [-0.1, -0.05) is 12.8 Å². The van der Waals surface area contributed by atoms with Crippen LogP contribution in [0.1, 0.15) is 51.4 Å². The Morgan fingerprint density at radius 1 is 1.12 bits per heavy atom. The van der Waals surface area contributed by atoms with E-state index in [9.17, 15) is 13.6 Å². The van der Waals surface area contributed by atoms with Crippen molar-refractivity contribution in [1.29, 1.82) is 0 Å². The summed E-state index contributed by atoms with van der Waals surface area (Å²) in [6.45, 7) is 1.98. The van der Waals surface area contributed by atoms with Crippen LogP contribution in [0, 0.1) is 11.6 Å². The minimum atomic E-state index is -0.633. The van der Waals surface area contributed by atoms with Gasteiger partial charge in [0.2, 0.25) is 0 Å². The number of benzene rings is 1. The highest BCUT2D eigenvalue weighted by Gasteiger charge is 2.30. The van der Waals surface area contributed by atoms with Gasteiger partial charge < -0.3 is 5.32 Å². The third kappa shape index (κ3) is 3.60. The number of fused-ring (bicyclic) bond motifs is 1. The second-order valence-corrected chi connectivity index (χ2v) is 8.00. The van der Waals surface area contributed by atoms with Crippen LogP contribution in [0.4, 0.5) is 8.78 Å². The summed E-state index contributed by atoms with van der Waals surface area (Å²) in [6, 6.07) is 5.95. The predicted molar refractivity (Wildman–Crippen MR) is 93.4 cm³/mol. The van der Waals surface area contributed by atoms with E-state index in [0.717, 1.165) is 19.2 Å². The summed E-state index contributed by atoms with van der Waals surface area (Å²) < 4.78 is 26.4. The molecule has 132 valence electrons. The van der Waals surface area contributed by atoms with Crippen LogP contribution < -0.4 is 5.32 Å². The number of hydrogen-bond acceptors (Lipinski definition) is 3. The highest BCUT2D eigenvalue weighted by Crippen LogP contribution is 2.35. The molecular formula is C19H20F2N2OS. The molecule has 2 aliphatic rings. The molecular weight excluding hydrogens is 342 g/mol. The third-order valence-electron chi connectivity index (χ3n) is 5.06. The number of nitrogens with zero attached hydrogens (tertiary/aromatic N) is 1. The van der Waals surface area contributed by atoms with Crippen LogP contribution in [0.2, 0.25) is 0 Å². The number of nitrogens with one attached hydrogen (secondary N) is 1. The highest BCUT2D eigenvalue weighted by atomic mass is 32.1.